The Bertz CT molecular complexity index is 1290. The molecule has 0 bridgehead atoms. The van der Waals surface area contributed by atoms with Gasteiger partial charge < -0.3 is 0 Å². The van der Waals surface area contributed by atoms with Gasteiger partial charge in [-0.2, -0.15) is 0 Å². The molecular weight excluding hydrogens is 976 g/mol. The van der Waals surface area contributed by atoms with Crippen molar-refractivity contribution in [2.75, 3.05) is 0 Å². The summed E-state index contributed by atoms with van der Waals surface area (Å²) in [5, 5.41) is 2.94. The molecule has 44 heavy (non-hydrogen) atoms. The second-order valence-corrected chi connectivity index (χ2v) is 64.7. The van der Waals surface area contributed by atoms with Gasteiger partial charge in [0, 0.05) is 49.1 Å². The minimum Gasteiger partial charge on any atom is -0.265 e. The number of aromatic nitrogens is 4. The zero-order chi connectivity index (χ0) is 31.6. The standard InChI is InChI=1S/C12H12P2Se6.4C5H5N/c15-13(16,11-7-3-1-4-8-11)19-20-14(17,18)12-9-5-2-6-10-12;4*1-2-4-6-5-3-1/h1-10H,(H,15,16)(H,17,18);4*1-5H. The van der Waals surface area contributed by atoms with E-state index < -0.39 is 5.78 Å². The van der Waals surface area contributed by atoms with Crippen LogP contribution >= 0.6 is 5.78 Å². The quantitative estimate of drug-likeness (QED) is 0.191. The van der Waals surface area contributed by atoms with Gasteiger partial charge in [-0.25, -0.2) is 9.97 Å². The number of benzene rings is 2. The Morgan fingerprint density at radius 3 is 0.886 bits per heavy atom. The van der Waals surface area contributed by atoms with Crippen LogP contribution in [0.4, 0.5) is 0 Å². The number of hydrogen-bond acceptors (Lipinski definition) is 2. The van der Waals surface area contributed by atoms with Crippen LogP contribution in [0.2, 0.25) is 0 Å². The zero-order valence-corrected chi connectivity index (χ0v) is 35.6. The van der Waals surface area contributed by atoms with Crippen molar-refractivity contribution >= 4 is 103 Å². The van der Waals surface area contributed by atoms with E-state index in [-0.39, 0.29) is 0 Å². The fourth-order valence-electron chi connectivity index (χ4n) is 2.70. The van der Waals surface area contributed by atoms with E-state index in [1.165, 1.54) is 10.6 Å². The third-order valence-corrected chi connectivity index (χ3v) is 79.7. The summed E-state index contributed by atoms with van der Waals surface area (Å²) in [6.07, 6.45) is 14.5. The van der Waals surface area contributed by atoms with Crippen molar-refractivity contribution in [1.29, 1.82) is 0 Å². The molecule has 0 aliphatic rings. The molecule has 0 radical (unpaired) electrons. The maximum atomic E-state index is 3.78. The molecule has 12 heteroatoms. The summed E-state index contributed by atoms with van der Waals surface area (Å²) in [5.74, 6) is 0. The Labute approximate surface area is 302 Å². The number of H-pyrrole nitrogens is 2. The number of nitrogens with one attached hydrogen (secondary N) is 2. The number of pyridine rings is 4. The maximum absolute atomic E-state index is 3.78. The second kappa shape index (κ2) is 25.1. The molecule has 6 aromatic rings. The SMILES string of the molecule is [Se]=[P@]([Se-])([Se][Se][P@](=[Se])([Se-])c1ccccc1)c1ccccc1.c1cc[nH+]cc1.c1cc[nH+]cc1.c1ccncc1.c1ccncc1. The van der Waals surface area contributed by atoms with Crippen LogP contribution in [-0.2, 0) is 0 Å². The molecule has 4 aromatic heterocycles. The van der Waals surface area contributed by atoms with Gasteiger partial charge in [0.2, 0.25) is 0 Å². The van der Waals surface area contributed by atoms with Crippen molar-refractivity contribution in [3.63, 3.8) is 0 Å². The number of rotatable bonds is 5. The number of aromatic amines is 2. The molecule has 0 aliphatic heterocycles. The molecule has 0 saturated heterocycles. The Kier molecular flexibility index (Phi) is 22.4. The molecule has 0 unspecified atom stereocenters. The normalized spacial score (nSPS) is 12.1. The summed E-state index contributed by atoms with van der Waals surface area (Å²) in [4.78, 5) is 13.4. The average Bonchev–Trinajstić information content (AvgIpc) is 3.12. The van der Waals surface area contributed by atoms with Crippen LogP contribution in [0.1, 0.15) is 0 Å². The third-order valence-electron chi connectivity index (χ3n) is 4.72. The molecular formula is C32H32N4P2Se6. The summed E-state index contributed by atoms with van der Waals surface area (Å²) in [5.41, 5.74) is 0. The molecule has 2 N–H and O–H groups in total. The predicted molar refractivity (Wildman–Crippen MR) is 195 cm³/mol. The van der Waals surface area contributed by atoms with Crippen LogP contribution < -0.4 is 20.6 Å². The zero-order valence-electron chi connectivity index (χ0n) is 23.6. The Hall–Kier alpha value is -0.983. The van der Waals surface area contributed by atoms with Crippen LogP contribution in [0.3, 0.4) is 0 Å². The molecule has 2 aromatic carbocycles. The van der Waals surface area contributed by atoms with E-state index in [0.29, 0.717) is 25.4 Å². The summed E-state index contributed by atoms with van der Waals surface area (Å²) in [6.45, 7) is 0. The van der Waals surface area contributed by atoms with E-state index in [4.69, 9.17) is 0 Å². The first-order chi connectivity index (χ1) is 21.4. The van der Waals surface area contributed by atoms with E-state index in [1.54, 1.807) is 24.8 Å². The van der Waals surface area contributed by atoms with Crippen LogP contribution in [-0.4, -0.2) is 96.7 Å². The summed E-state index contributed by atoms with van der Waals surface area (Å²) < 4.78 is -2.37. The first kappa shape index (κ1) is 39.2. The van der Waals surface area contributed by atoms with E-state index in [0.717, 1.165) is 0 Å². The van der Waals surface area contributed by atoms with E-state index in [1.807, 2.05) is 97.6 Å². The van der Waals surface area contributed by atoms with Gasteiger partial charge in [-0.15, -0.1) is 0 Å². The van der Waals surface area contributed by atoms with Gasteiger partial charge in [0.05, 0.1) is 0 Å². The average molecular weight is 1010 g/mol. The molecule has 0 spiro atoms. The molecule has 4 nitrogen and oxygen atoms in total. The van der Waals surface area contributed by atoms with Gasteiger partial charge in [0.25, 0.3) is 0 Å². The fraction of sp³-hybridized carbons (Fsp3) is 0. The monoisotopic (exact) mass is 1010 g/mol. The third kappa shape index (κ3) is 19.5. The minimum absolute atomic E-state index is 0.613. The van der Waals surface area contributed by atoms with Gasteiger partial charge in [-0.3, -0.25) is 9.97 Å². The van der Waals surface area contributed by atoms with Gasteiger partial charge in [0.1, 0.15) is 0 Å². The van der Waals surface area contributed by atoms with E-state index >= 15 is 0 Å². The summed E-state index contributed by atoms with van der Waals surface area (Å²) >= 11 is 15.2. The minimum atomic E-state index is -1.18. The van der Waals surface area contributed by atoms with Crippen molar-refractivity contribution in [2.45, 2.75) is 0 Å². The molecule has 226 valence electrons. The summed E-state index contributed by atoms with van der Waals surface area (Å²) in [7, 11) is 0. The molecule has 0 amide bonds. The van der Waals surface area contributed by atoms with E-state index in [2.05, 4.69) is 142 Å². The van der Waals surface area contributed by atoms with Crippen molar-refractivity contribution in [2.24, 2.45) is 0 Å². The van der Waals surface area contributed by atoms with Crippen molar-refractivity contribution in [1.82, 2.24) is 9.97 Å². The smallest absolute Gasteiger partial charge is 0.166 e. The van der Waals surface area contributed by atoms with Gasteiger partial charge in [-0.1, -0.05) is 24.3 Å². The topological polar surface area (TPSA) is 54.1 Å². The van der Waals surface area contributed by atoms with E-state index in [9.17, 15) is 0 Å². The van der Waals surface area contributed by atoms with Crippen LogP contribution in [0, 0.1) is 0 Å². The number of hydrogen-bond donors (Lipinski definition) is 0. The van der Waals surface area contributed by atoms with Crippen molar-refractivity contribution in [3.8, 4) is 0 Å². The number of nitrogens with zero attached hydrogens (tertiary/aromatic N) is 2. The Morgan fingerprint density at radius 1 is 0.432 bits per heavy atom. The summed E-state index contributed by atoms with van der Waals surface area (Å²) in [6, 6.07) is 44.9. The van der Waals surface area contributed by atoms with Crippen LogP contribution in [0.25, 0.3) is 0 Å². The second-order valence-electron chi connectivity index (χ2n) is 8.02. The molecule has 0 fully saturated rings. The Balaban J connectivity index is 0.000000226. The fourth-order valence-corrected chi connectivity index (χ4v) is 92.0. The van der Waals surface area contributed by atoms with Crippen molar-refractivity contribution < 1.29 is 9.97 Å². The Morgan fingerprint density at radius 2 is 0.705 bits per heavy atom. The molecule has 0 saturated carbocycles. The van der Waals surface area contributed by atoms with Crippen LogP contribution in [0.5, 0.6) is 0 Å². The molecule has 0 aliphatic carbocycles. The van der Waals surface area contributed by atoms with Crippen LogP contribution in [0.15, 0.2) is 183 Å². The van der Waals surface area contributed by atoms with Gasteiger partial charge in [0.15, 0.2) is 24.8 Å². The van der Waals surface area contributed by atoms with Gasteiger partial charge in [-0.05, 0) is 24.3 Å². The molecule has 6 rings (SSSR count). The maximum Gasteiger partial charge on any atom is 0.166 e. The predicted octanol–water partition coefficient (Wildman–Crippen LogP) is 4.32. The molecule has 2 atom stereocenters. The molecule has 4 heterocycles. The first-order valence-electron chi connectivity index (χ1n) is 13.1. The van der Waals surface area contributed by atoms with Crippen molar-refractivity contribution in [3.05, 3.63) is 183 Å². The van der Waals surface area contributed by atoms with Gasteiger partial charge >= 0.3 is 164 Å². The first-order valence-corrected chi connectivity index (χ1v) is 34.3. The largest absolute Gasteiger partial charge is 0.265 e.